The number of nitrogens with zero attached hydrogens (tertiary/aromatic N) is 4. The average molecular weight is 195 g/mol. The molecule has 0 fully saturated rings. The van der Waals surface area contributed by atoms with Crippen molar-refractivity contribution in [3.05, 3.63) is 35.4 Å². The molecule has 0 spiro atoms. The first-order valence-corrected chi connectivity index (χ1v) is 4.15. The monoisotopic (exact) mass is 194 g/mol. The van der Waals surface area contributed by atoms with E-state index in [9.17, 15) is 0 Å². The molecule has 2 aromatic heterocycles. The van der Waals surface area contributed by atoms with E-state index in [4.69, 9.17) is 11.6 Å². The summed E-state index contributed by atoms with van der Waals surface area (Å²) in [6.45, 7) is 1.86. The smallest absolute Gasteiger partial charge is 0.216 e. The van der Waals surface area contributed by atoms with Crippen LogP contribution < -0.4 is 0 Å². The number of hydrogen-bond donors (Lipinski definition) is 0. The van der Waals surface area contributed by atoms with E-state index in [1.807, 2.05) is 6.92 Å². The average Bonchev–Trinajstić information content (AvgIpc) is 2.53. The summed E-state index contributed by atoms with van der Waals surface area (Å²) in [4.78, 5) is 8.21. The topological polar surface area (TPSA) is 43.6 Å². The summed E-state index contributed by atoms with van der Waals surface area (Å²) in [7, 11) is 0. The van der Waals surface area contributed by atoms with Gasteiger partial charge in [-0.2, -0.15) is 10.1 Å². The Morgan fingerprint density at radius 1 is 1.38 bits per heavy atom. The molecule has 0 bridgehead atoms. The molecule has 0 saturated carbocycles. The van der Waals surface area contributed by atoms with E-state index < -0.39 is 0 Å². The second kappa shape index (κ2) is 3.14. The molecule has 0 aliphatic rings. The van der Waals surface area contributed by atoms with Gasteiger partial charge in [0.1, 0.15) is 5.15 Å². The molecular weight excluding hydrogens is 188 g/mol. The van der Waals surface area contributed by atoms with Gasteiger partial charge in [0, 0.05) is 18.1 Å². The highest BCUT2D eigenvalue weighted by Crippen LogP contribution is 2.08. The largest absolute Gasteiger partial charge is 0.252 e. The quantitative estimate of drug-likeness (QED) is 0.648. The van der Waals surface area contributed by atoms with E-state index >= 15 is 0 Å². The minimum Gasteiger partial charge on any atom is -0.216 e. The van der Waals surface area contributed by atoms with Crippen molar-refractivity contribution in [2.75, 3.05) is 0 Å². The minimum atomic E-state index is 0.429. The summed E-state index contributed by atoms with van der Waals surface area (Å²) in [6, 6.07) is 3.51. The fourth-order valence-electron chi connectivity index (χ4n) is 1.00. The van der Waals surface area contributed by atoms with Crippen LogP contribution in [0.2, 0.25) is 5.15 Å². The van der Waals surface area contributed by atoms with Gasteiger partial charge in [0.05, 0.1) is 0 Å². The number of aryl methyl sites for hydroxylation is 1. The molecule has 0 aliphatic heterocycles. The third-order valence-corrected chi connectivity index (χ3v) is 1.71. The second-order valence-corrected chi connectivity index (χ2v) is 2.97. The van der Waals surface area contributed by atoms with Crippen molar-refractivity contribution in [2.24, 2.45) is 0 Å². The molecule has 0 atom stereocenters. The van der Waals surface area contributed by atoms with Crippen molar-refractivity contribution in [1.82, 2.24) is 19.7 Å². The Morgan fingerprint density at radius 2 is 2.23 bits per heavy atom. The van der Waals surface area contributed by atoms with E-state index in [2.05, 4.69) is 15.1 Å². The van der Waals surface area contributed by atoms with Gasteiger partial charge < -0.3 is 0 Å². The SMILES string of the molecule is Cc1cc(Cl)nc(-n2cccn2)n1. The molecule has 0 aromatic carbocycles. The summed E-state index contributed by atoms with van der Waals surface area (Å²) < 4.78 is 1.57. The zero-order valence-electron chi connectivity index (χ0n) is 6.98. The zero-order valence-corrected chi connectivity index (χ0v) is 7.73. The number of rotatable bonds is 1. The van der Waals surface area contributed by atoms with Crippen molar-refractivity contribution < 1.29 is 0 Å². The molecule has 13 heavy (non-hydrogen) atoms. The highest BCUT2D eigenvalue weighted by molar-refractivity contribution is 6.29. The van der Waals surface area contributed by atoms with Crippen LogP contribution in [0.4, 0.5) is 0 Å². The lowest BCUT2D eigenvalue weighted by Gasteiger charge is -2.00. The molecule has 2 heterocycles. The highest BCUT2D eigenvalue weighted by atomic mass is 35.5. The fourth-order valence-corrected chi connectivity index (χ4v) is 1.24. The summed E-state index contributed by atoms with van der Waals surface area (Å²) in [5.41, 5.74) is 0.825. The van der Waals surface area contributed by atoms with Gasteiger partial charge in [-0.15, -0.1) is 0 Å². The van der Waals surface area contributed by atoms with Crippen LogP contribution in [0.3, 0.4) is 0 Å². The molecule has 2 rings (SSSR count). The first kappa shape index (κ1) is 8.19. The molecule has 2 aromatic rings. The maximum atomic E-state index is 5.77. The van der Waals surface area contributed by atoms with Crippen molar-refractivity contribution >= 4 is 11.6 Å². The van der Waals surface area contributed by atoms with Gasteiger partial charge in [-0.1, -0.05) is 11.6 Å². The molecular formula is C8H7ClN4. The van der Waals surface area contributed by atoms with Gasteiger partial charge in [-0.05, 0) is 19.1 Å². The number of hydrogen-bond acceptors (Lipinski definition) is 3. The third-order valence-electron chi connectivity index (χ3n) is 1.52. The molecule has 66 valence electrons. The highest BCUT2D eigenvalue weighted by Gasteiger charge is 2.01. The Labute approximate surface area is 80.2 Å². The lowest BCUT2D eigenvalue weighted by Crippen LogP contribution is -2.02. The maximum Gasteiger partial charge on any atom is 0.252 e. The molecule has 4 nitrogen and oxygen atoms in total. The normalized spacial score (nSPS) is 10.3. The number of aromatic nitrogens is 4. The molecule has 0 saturated heterocycles. The molecule has 0 unspecified atom stereocenters. The molecule has 0 radical (unpaired) electrons. The summed E-state index contributed by atoms with van der Waals surface area (Å²) in [6.07, 6.45) is 3.44. The van der Waals surface area contributed by atoms with E-state index in [1.54, 1.807) is 29.2 Å². The van der Waals surface area contributed by atoms with Crippen molar-refractivity contribution in [1.29, 1.82) is 0 Å². The number of halogens is 1. The predicted octanol–water partition coefficient (Wildman–Crippen LogP) is 1.62. The van der Waals surface area contributed by atoms with Crippen LogP contribution in [-0.4, -0.2) is 19.7 Å². The summed E-state index contributed by atoms with van der Waals surface area (Å²) in [5, 5.41) is 4.43. The van der Waals surface area contributed by atoms with Gasteiger partial charge in [-0.25, -0.2) is 9.67 Å². The second-order valence-electron chi connectivity index (χ2n) is 2.58. The molecule has 0 aliphatic carbocycles. The Bertz CT molecular complexity index is 390. The Balaban J connectivity index is 2.53. The van der Waals surface area contributed by atoms with E-state index in [-0.39, 0.29) is 0 Å². The summed E-state index contributed by atoms with van der Waals surface area (Å²) in [5.74, 6) is 0.495. The van der Waals surface area contributed by atoms with Crippen LogP contribution in [0.25, 0.3) is 5.95 Å². The van der Waals surface area contributed by atoms with Crippen molar-refractivity contribution in [3.8, 4) is 5.95 Å². The van der Waals surface area contributed by atoms with E-state index in [0.717, 1.165) is 5.69 Å². The van der Waals surface area contributed by atoms with Crippen LogP contribution >= 0.6 is 11.6 Å². The maximum absolute atomic E-state index is 5.77. The van der Waals surface area contributed by atoms with Crippen LogP contribution in [0.5, 0.6) is 0 Å². The van der Waals surface area contributed by atoms with Crippen LogP contribution in [-0.2, 0) is 0 Å². The lowest BCUT2D eigenvalue weighted by molar-refractivity contribution is 0.801. The van der Waals surface area contributed by atoms with Gasteiger partial charge in [0.15, 0.2) is 0 Å². The first-order chi connectivity index (χ1) is 6.25. The Kier molecular flexibility index (Phi) is 1.98. The fraction of sp³-hybridized carbons (Fsp3) is 0.125. The van der Waals surface area contributed by atoms with Gasteiger partial charge in [0.2, 0.25) is 0 Å². The minimum absolute atomic E-state index is 0.429. The van der Waals surface area contributed by atoms with E-state index in [1.165, 1.54) is 0 Å². The van der Waals surface area contributed by atoms with Crippen LogP contribution in [0.1, 0.15) is 5.69 Å². The predicted molar refractivity (Wildman–Crippen MR) is 48.9 cm³/mol. The third kappa shape index (κ3) is 1.67. The van der Waals surface area contributed by atoms with Gasteiger partial charge in [0.25, 0.3) is 5.95 Å². The first-order valence-electron chi connectivity index (χ1n) is 3.77. The van der Waals surface area contributed by atoms with Crippen molar-refractivity contribution in [3.63, 3.8) is 0 Å². The molecule has 0 amide bonds. The zero-order chi connectivity index (χ0) is 9.26. The van der Waals surface area contributed by atoms with Crippen LogP contribution in [0, 0.1) is 6.92 Å². The Hall–Kier alpha value is -1.42. The van der Waals surface area contributed by atoms with Crippen molar-refractivity contribution in [2.45, 2.75) is 6.92 Å². The molecule has 5 heteroatoms. The lowest BCUT2D eigenvalue weighted by atomic mass is 10.5. The van der Waals surface area contributed by atoms with Gasteiger partial charge in [-0.3, -0.25) is 0 Å². The van der Waals surface area contributed by atoms with Gasteiger partial charge >= 0.3 is 0 Å². The molecule has 0 N–H and O–H groups in total. The standard InChI is InChI=1S/C8H7ClN4/c1-6-5-7(9)12-8(11-6)13-4-2-3-10-13/h2-5H,1H3. The summed E-state index contributed by atoms with van der Waals surface area (Å²) >= 11 is 5.77. The Morgan fingerprint density at radius 3 is 2.85 bits per heavy atom. The van der Waals surface area contributed by atoms with E-state index in [0.29, 0.717) is 11.1 Å². The van der Waals surface area contributed by atoms with Crippen LogP contribution in [0.15, 0.2) is 24.5 Å².